The van der Waals surface area contributed by atoms with Crippen molar-refractivity contribution in [2.75, 3.05) is 19.4 Å². The number of benzene rings is 1. The largest absolute Gasteiger partial charge is 0.493 e. The molecular weight excluding hydrogens is 264 g/mol. The number of nitrogens with zero attached hydrogens (tertiary/aromatic N) is 1. The van der Waals surface area contributed by atoms with Gasteiger partial charge >= 0.3 is 0 Å². The topological polar surface area (TPSA) is 79.2 Å². The van der Waals surface area contributed by atoms with E-state index in [-0.39, 0.29) is 10.9 Å². The Morgan fingerprint density at radius 2 is 2.21 bits per heavy atom. The minimum absolute atomic E-state index is 0.230. The quantitative estimate of drug-likeness (QED) is 0.817. The molecular formula is C13H18N2O3S. The molecule has 0 heterocycles. The number of hydrogen-bond acceptors (Lipinski definition) is 5. The van der Waals surface area contributed by atoms with E-state index in [2.05, 4.69) is 11.4 Å². The number of rotatable bonds is 7. The highest BCUT2D eigenvalue weighted by molar-refractivity contribution is 7.90. The van der Waals surface area contributed by atoms with Gasteiger partial charge in [-0.15, -0.1) is 0 Å². The Labute approximate surface area is 114 Å². The van der Waals surface area contributed by atoms with E-state index in [0.717, 1.165) is 12.8 Å². The molecule has 1 N–H and O–H groups in total. The minimum Gasteiger partial charge on any atom is -0.493 e. The van der Waals surface area contributed by atoms with Crippen molar-refractivity contribution in [1.82, 2.24) is 5.32 Å². The average Bonchev–Trinajstić information content (AvgIpc) is 2.37. The van der Waals surface area contributed by atoms with E-state index in [4.69, 9.17) is 10.00 Å². The number of nitrogens with one attached hydrogen (secondary N) is 1. The molecule has 1 unspecified atom stereocenters. The summed E-state index contributed by atoms with van der Waals surface area (Å²) >= 11 is 0. The fourth-order valence-electron chi connectivity index (χ4n) is 1.55. The van der Waals surface area contributed by atoms with Crippen molar-refractivity contribution in [3.8, 4) is 11.8 Å². The lowest BCUT2D eigenvalue weighted by molar-refractivity contribution is 0.298. The Hall–Kier alpha value is -1.58. The van der Waals surface area contributed by atoms with Crippen molar-refractivity contribution in [2.45, 2.75) is 24.3 Å². The Morgan fingerprint density at radius 1 is 1.47 bits per heavy atom. The van der Waals surface area contributed by atoms with Crippen LogP contribution in [0.25, 0.3) is 0 Å². The summed E-state index contributed by atoms with van der Waals surface area (Å²) in [5.74, 6) is 0.496. The van der Waals surface area contributed by atoms with Crippen LogP contribution in [0.5, 0.6) is 5.75 Å². The van der Waals surface area contributed by atoms with Crippen LogP contribution in [0.1, 0.15) is 13.3 Å². The van der Waals surface area contributed by atoms with Crippen molar-refractivity contribution >= 4 is 9.84 Å². The number of hydrogen-bond donors (Lipinski definition) is 1. The molecule has 6 heteroatoms. The maximum Gasteiger partial charge on any atom is 0.175 e. The second kappa shape index (κ2) is 7.12. The fourth-order valence-corrected chi connectivity index (χ4v) is 2.20. The lowest BCUT2D eigenvalue weighted by atomic mass is 10.2. The smallest absolute Gasteiger partial charge is 0.175 e. The van der Waals surface area contributed by atoms with Crippen LogP contribution in [0.15, 0.2) is 29.2 Å². The van der Waals surface area contributed by atoms with Crippen molar-refractivity contribution < 1.29 is 13.2 Å². The van der Waals surface area contributed by atoms with Gasteiger partial charge in [0, 0.05) is 12.7 Å². The van der Waals surface area contributed by atoms with Gasteiger partial charge in [0.1, 0.15) is 5.75 Å². The predicted octanol–water partition coefficient (Wildman–Crippen LogP) is 1.36. The molecule has 0 aliphatic carbocycles. The van der Waals surface area contributed by atoms with Crippen molar-refractivity contribution in [3.05, 3.63) is 24.3 Å². The highest BCUT2D eigenvalue weighted by atomic mass is 32.2. The van der Waals surface area contributed by atoms with Gasteiger partial charge in [-0.05, 0) is 24.7 Å². The van der Waals surface area contributed by atoms with Gasteiger partial charge in [0.15, 0.2) is 9.84 Å². The van der Waals surface area contributed by atoms with E-state index in [1.165, 1.54) is 12.1 Å². The fraction of sp³-hybridized carbons (Fsp3) is 0.462. The molecule has 0 fully saturated rings. The molecule has 5 nitrogen and oxygen atoms in total. The molecule has 1 aromatic carbocycles. The normalized spacial score (nSPS) is 12.7. The van der Waals surface area contributed by atoms with Gasteiger partial charge in [0.05, 0.1) is 23.6 Å². The molecule has 0 aliphatic rings. The van der Waals surface area contributed by atoms with Crippen molar-refractivity contribution in [1.29, 1.82) is 5.26 Å². The third-order valence-electron chi connectivity index (χ3n) is 2.52. The van der Waals surface area contributed by atoms with Gasteiger partial charge in [-0.1, -0.05) is 13.0 Å². The molecule has 19 heavy (non-hydrogen) atoms. The van der Waals surface area contributed by atoms with Gasteiger partial charge in [0.25, 0.3) is 0 Å². The Morgan fingerprint density at radius 3 is 2.79 bits per heavy atom. The highest BCUT2D eigenvalue weighted by Crippen LogP contribution is 2.17. The molecule has 0 spiro atoms. The maximum atomic E-state index is 11.4. The summed E-state index contributed by atoms with van der Waals surface area (Å²) < 4.78 is 28.2. The first-order valence-electron chi connectivity index (χ1n) is 6.03. The molecule has 0 saturated heterocycles. The summed E-state index contributed by atoms with van der Waals surface area (Å²) in [6.07, 6.45) is 1.70. The predicted molar refractivity (Wildman–Crippen MR) is 72.7 cm³/mol. The van der Waals surface area contributed by atoms with Crippen LogP contribution < -0.4 is 10.1 Å². The molecule has 0 radical (unpaired) electrons. The van der Waals surface area contributed by atoms with Crippen LogP contribution in [0.4, 0.5) is 0 Å². The third kappa shape index (κ3) is 5.28. The zero-order valence-electron chi connectivity index (χ0n) is 11.1. The Kier molecular flexibility index (Phi) is 5.80. The van der Waals surface area contributed by atoms with Crippen LogP contribution in [0, 0.1) is 11.3 Å². The van der Waals surface area contributed by atoms with Crippen LogP contribution in [-0.2, 0) is 9.84 Å². The van der Waals surface area contributed by atoms with Crippen LogP contribution in [0.2, 0.25) is 0 Å². The van der Waals surface area contributed by atoms with E-state index in [1.807, 2.05) is 6.92 Å². The van der Waals surface area contributed by atoms with Gasteiger partial charge in [0.2, 0.25) is 0 Å². The zero-order chi connectivity index (χ0) is 14.3. The Balaban J connectivity index is 2.57. The van der Waals surface area contributed by atoms with Crippen molar-refractivity contribution in [3.63, 3.8) is 0 Å². The van der Waals surface area contributed by atoms with Gasteiger partial charge in [-0.3, -0.25) is 0 Å². The number of nitriles is 1. The minimum atomic E-state index is -3.22. The summed E-state index contributed by atoms with van der Waals surface area (Å²) in [6, 6.07) is 8.24. The number of ether oxygens (including phenoxy) is 1. The van der Waals surface area contributed by atoms with E-state index < -0.39 is 9.84 Å². The van der Waals surface area contributed by atoms with Gasteiger partial charge in [-0.25, -0.2) is 8.42 Å². The Bertz CT molecular complexity index is 549. The molecule has 0 aromatic heterocycles. The second-order valence-corrected chi connectivity index (χ2v) is 6.14. The standard InChI is InChI=1S/C13H18N2O3S/c1-3-15-11(10-14)7-8-18-12-5-4-6-13(9-12)19(2,16)17/h4-6,9,11,15H,3,7-8H2,1-2H3. The van der Waals surface area contributed by atoms with E-state index in [0.29, 0.717) is 18.8 Å². The van der Waals surface area contributed by atoms with Crippen LogP contribution in [-0.4, -0.2) is 33.9 Å². The highest BCUT2D eigenvalue weighted by Gasteiger charge is 2.09. The molecule has 0 saturated carbocycles. The summed E-state index contributed by atoms with van der Waals surface area (Å²) in [4.78, 5) is 0.230. The van der Waals surface area contributed by atoms with Gasteiger partial charge in [-0.2, -0.15) is 5.26 Å². The van der Waals surface area contributed by atoms with E-state index >= 15 is 0 Å². The lowest BCUT2D eigenvalue weighted by Crippen LogP contribution is -2.28. The second-order valence-electron chi connectivity index (χ2n) is 4.12. The van der Waals surface area contributed by atoms with Gasteiger partial charge < -0.3 is 10.1 Å². The van der Waals surface area contributed by atoms with Crippen LogP contribution >= 0.6 is 0 Å². The summed E-state index contributed by atoms with van der Waals surface area (Å²) in [6.45, 7) is 3.01. The molecule has 1 aromatic rings. The number of sulfone groups is 1. The molecule has 1 rings (SSSR count). The monoisotopic (exact) mass is 282 g/mol. The molecule has 1 atom stereocenters. The van der Waals surface area contributed by atoms with E-state index in [1.54, 1.807) is 12.1 Å². The first kappa shape index (κ1) is 15.5. The average molecular weight is 282 g/mol. The van der Waals surface area contributed by atoms with E-state index in [9.17, 15) is 8.42 Å². The molecule has 0 aliphatic heterocycles. The zero-order valence-corrected chi connectivity index (χ0v) is 11.9. The summed E-state index contributed by atoms with van der Waals surface area (Å²) in [5, 5.41) is 11.9. The third-order valence-corrected chi connectivity index (χ3v) is 3.63. The van der Waals surface area contributed by atoms with Crippen molar-refractivity contribution in [2.24, 2.45) is 0 Å². The molecule has 0 amide bonds. The molecule has 0 bridgehead atoms. The molecule has 104 valence electrons. The maximum absolute atomic E-state index is 11.4. The first-order chi connectivity index (χ1) is 8.97. The SMILES string of the molecule is CCNC(C#N)CCOc1cccc(S(C)(=O)=O)c1. The summed E-state index contributed by atoms with van der Waals surface area (Å²) in [7, 11) is -3.22. The lowest BCUT2D eigenvalue weighted by Gasteiger charge is -2.11. The van der Waals surface area contributed by atoms with Crippen LogP contribution in [0.3, 0.4) is 0 Å². The summed E-state index contributed by atoms with van der Waals surface area (Å²) in [5.41, 5.74) is 0. The first-order valence-corrected chi connectivity index (χ1v) is 7.92.